The van der Waals surface area contributed by atoms with Crippen molar-refractivity contribution in [1.29, 1.82) is 0 Å². The van der Waals surface area contributed by atoms with E-state index < -0.39 is 43.0 Å². The maximum absolute atomic E-state index is 11.8. The number of hydrogen-bond donors (Lipinski definition) is 2. The molecule has 0 bridgehead atoms. The molecule has 2 heterocycles. The van der Waals surface area contributed by atoms with Crippen LogP contribution in [0.2, 0.25) is 0 Å². The van der Waals surface area contributed by atoms with Gasteiger partial charge in [-0.1, -0.05) is 50.6 Å². The van der Waals surface area contributed by atoms with Crippen LogP contribution in [0.4, 0.5) is 11.4 Å². The fourth-order valence-electron chi connectivity index (χ4n) is 7.03. The zero-order chi connectivity index (χ0) is 39.2. The molecule has 2 aliphatic rings. The number of carbonyl (C=O) groups is 2. The van der Waals surface area contributed by atoms with E-state index in [1.54, 1.807) is 12.1 Å². The van der Waals surface area contributed by atoms with Crippen LogP contribution in [0.25, 0.3) is 0 Å². The molecule has 0 unspecified atom stereocenters. The summed E-state index contributed by atoms with van der Waals surface area (Å²) in [6.07, 6.45) is 17.2. The summed E-state index contributed by atoms with van der Waals surface area (Å²) in [5.41, 5.74) is 3.53. The van der Waals surface area contributed by atoms with Crippen LogP contribution in [0.5, 0.6) is 0 Å². The van der Waals surface area contributed by atoms with Gasteiger partial charge in [0.2, 0.25) is 5.69 Å². The maximum atomic E-state index is 11.8. The lowest BCUT2D eigenvalue weighted by molar-refractivity contribution is -0.438. The standard InChI is InChI=1S/C39H48N2O10S2/c1-38(2)30-26-28(52(46,47)48)20-22-32(30)40(24-14-8-12-18-36(42)43)34(38)16-10-6-5-7-11-17-35-39(3,4)31-27-29(53(49,50)51)21-23-33(31)41(35)25-15-9-13-19-37(44)45/h5-7,10-11,16-17,20-23,26-27H,8-9,12-15,18-19,24-25H2,1-4H3,(H3-,42,43,44,45,46,47,48,49,50,51)/p-1. The van der Waals surface area contributed by atoms with E-state index in [0.29, 0.717) is 62.7 Å². The van der Waals surface area contributed by atoms with Gasteiger partial charge in [-0.2, -0.15) is 4.58 Å². The summed E-state index contributed by atoms with van der Waals surface area (Å²) in [5.74, 6) is -1.69. The summed E-state index contributed by atoms with van der Waals surface area (Å²) in [6, 6.07) is 8.80. The van der Waals surface area contributed by atoms with E-state index in [9.17, 15) is 35.5 Å². The van der Waals surface area contributed by atoms with E-state index in [1.165, 1.54) is 24.3 Å². The smallest absolute Gasteiger partial charge is 0.303 e. The minimum absolute atomic E-state index is 0.0853. The average Bonchev–Trinajstić information content (AvgIpc) is 3.40. The van der Waals surface area contributed by atoms with Crippen LogP contribution < -0.4 is 4.90 Å². The summed E-state index contributed by atoms with van der Waals surface area (Å²) in [7, 11) is -9.31. The number of carboxylic acid groups (broad SMARTS) is 2. The largest absolute Gasteiger partial charge is 0.744 e. The van der Waals surface area contributed by atoms with E-state index in [-0.39, 0.29) is 22.6 Å². The van der Waals surface area contributed by atoms with Crippen molar-refractivity contribution in [2.75, 3.05) is 18.0 Å². The van der Waals surface area contributed by atoms with E-state index in [4.69, 9.17) is 10.2 Å². The Morgan fingerprint density at radius 1 is 0.717 bits per heavy atom. The van der Waals surface area contributed by atoms with Crippen molar-refractivity contribution in [3.63, 3.8) is 0 Å². The second-order valence-electron chi connectivity index (χ2n) is 14.3. The average molecular weight is 768 g/mol. The van der Waals surface area contributed by atoms with Crippen LogP contribution in [0.3, 0.4) is 0 Å². The highest BCUT2D eigenvalue weighted by atomic mass is 32.2. The van der Waals surface area contributed by atoms with Crippen LogP contribution >= 0.6 is 0 Å². The highest BCUT2D eigenvalue weighted by molar-refractivity contribution is 7.86. The van der Waals surface area contributed by atoms with Gasteiger partial charge in [-0.3, -0.25) is 9.59 Å². The Hall–Kier alpha value is -4.37. The Labute approximate surface area is 312 Å². The minimum Gasteiger partial charge on any atom is -0.744 e. The predicted octanol–water partition coefficient (Wildman–Crippen LogP) is 6.51. The van der Waals surface area contributed by atoms with Crippen LogP contribution in [-0.4, -0.2) is 71.5 Å². The van der Waals surface area contributed by atoms with Crippen molar-refractivity contribution in [3.05, 3.63) is 95.8 Å². The zero-order valence-electron chi connectivity index (χ0n) is 30.4. The molecular weight excluding hydrogens is 721 g/mol. The molecule has 2 aromatic carbocycles. The zero-order valence-corrected chi connectivity index (χ0v) is 32.1. The van der Waals surface area contributed by atoms with Gasteiger partial charge in [0.15, 0.2) is 5.71 Å². The molecule has 0 aromatic heterocycles. The molecule has 0 amide bonds. The third-order valence-electron chi connectivity index (χ3n) is 9.80. The van der Waals surface area contributed by atoms with Gasteiger partial charge in [-0.05, 0) is 81.5 Å². The van der Waals surface area contributed by atoms with Crippen molar-refractivity contribution in [2.24, 2.45) is 0 Å². The molecule has 14 heteroatoms. The molecule has 2 aliphatic heterocycles. The minimum atomic E-state index is -4.66. The number of fused-ring (bicyclic) bond motifs is 2. The van der Waals surface area contributed by atoms with Crippen molar-refractivity contribution >= 4 is 49.3 Å². The first-order valence-corrected chi connectivity index (χ1v) is 20.4. The maximum Gasteiger partial charge on any atom is 0.303 e. The summed E-state index contributed by atoms with van der Waals surface area (Å²) in [5, 5.41) is 18.0. The number of aliphatic carboxylic acids is 2. The molecule has 0 radical (unpaired) electrons. The Bertz CT molecular complexity index is 2110. The normalized spacial score (nSPS) is 17.5. The molecule has 12 nitrogen and oxygen atoms in total. The SMILES string of the molecule is CC1(C)C(/C=C/C=C/C=C/C=C2/N(CCCCCC(=O)O)c3ccc(S(=O)(=O)[O-])cc3C2(C)C)=[N+](CCCCCC(=O)O)c2ccc(S(=O)(=O)[O-])cc21. The highest BCUT2D eigenvalue weighted by Crippen LogP contribution is 2.48. The molecule has 0 spiro atoms. The molecule has 0 saturated carbocycles. The first kappa shape index (κ1) is 41.4. The molecular formula is C39H47N2O10S2-. The lowest BCUT2D eigenvalue weighted by atomic mass is 9.81. The Kier molecular flexibility index (Phi) is 13.1. The molecule has 0 saturated heterocycles. The number of hydrogen-bond acceptors (Lipinski definition) is 9. The van der Waals surface area contributed by atoms with Crippen LogP contribution in [0, 0.1) is 0 Å². The molecule has 0 atom stereocenters. The first-order valence-electron chi connectivity index (χ1n) is 17.6. The number of rotatable bonds is 18. The monoisotopic (exact) mass is 767 g/mol. The third kappa shape index (κ3) is 9.99. The number of carboxylic acids is 2. The number of nitrogens with zero attached hydrogens (tertiary/aromatic N) is 2. The summed E-state index contributed by atoms with van der Waals surface area (Å²) in [6.45, 7) is 8.99. The van der Waals surface area contributed by atoms with E-state index in [2.05, 4.69) is 9.48 Å². The fraction of sp³-hybridized carbons (Fsp3) is 0.410. The van der Waals surface area contributed by atoms with E-state index in [0.717, 1.165) is 22.8 Å². The second-order valence-corrected chi connectivity index (χ2v) is 17.1. The Morgan fingerprint density at radius 2 is 1.26 bits per heavy atom. The van der Waals surface area contributed by atoms with Crippen molar-refractivity contribution in [1.82, 2.24) is 0 Å². The first-order chi connectivity index (χ1) is 24.8. The topological polar surface area (TPSA) is 195 Å². The van der Waals surface area contributed by atoms with Gasteiger partial charge in [0.25, 0.3) is 0 Å². The van der Waals surface area contributed by atoms with Gasteiger partial charge in [0, 0.05) is 60.3 Å². The summed E-state index contributed by atoms with van der Waals surface area (Å²) in [4.78, 5) is 23.4. The molecule has 0 fully saturated rings. The predicted molar refractivity (Wildman–Crippen MR) is 200 cm³/mol. The molecule has 4 rings (SSSR count). The van der Waals surface area contributed by atoms with Gasteiger partial charge < -0.3 is 24.2 Å². The molecule has 2 N–H and O–H groups in total. The summed E-state index contributed by atoms with van der Waals surface area (Å²) < 4.78 is 73.0. The fourth-order valence-corrected chi connectivity index (χ4v) is 8.03. The van der Waals surface area contributed by atoms with Gasteiger partial charge >= 0.3 is 11.9 Å². The lowest BCUT2D eigenvalue weighted by Crippen LogP contribution is -2.28. The van der Waals surface area contributed by atoms with Crippen molar-refractivity contribution in [3.8, 4) is 0 Å². The van der Waals surface area contributed by atoms with E-state index in [1.807, 2.05) is 70.2 Å². The van der Waals surface area contributed by atoms with Crippen LogP contribution in [0.1, 0.15) is 90.2 Å². The van der Waals surface area contributed by atoms with Crippen LogP contribution in [-0.2, 0) is 40.7 Å². The van der Waals surface area contributed by atoms with Gasteiger partial charge in [0.05, 0.1) is 15.2 Å². The number of anilines is 1. The highest BCUT2D eigenvalue weighted by Gasteiger charge is 2.44. The molecule has 0 aliphatic carbocycles. The van der Waals surface area contributed by atoms with Gasteiger partial charge in [-0.15, -0.1) is 0 Å². The number of unbranched alkanes of at least 4 members (excludes halogenated alkanes) is 4. The molecule has 286 valence electrons. The second kappa shape index (κ2) is 16.8. The quantitative estimate of drug-likeness (QED) is 0.0726. The summed E-state index contributed by atoms with van der Waals surface area (Å²) >= 11 is 0. The number of allylic oxidation sites excluding steroid dienone is 8. The van der Waals surface area contributed by atoms with Gasteiger partial charge in [-0.25, -0.2) is 16.8 Å². The molecule has 2 aromatic rings. The lowest BCUT2D eigenvalue weighted by Gasteiger charge is -2.27. The third-order valence-corrected chi connectivity index (χ3v) is 11.5. The van der Waals surface area contributed by atoms with E-state index >= 15 is 0 Å². The van der Waals surface area contributed by atoms with Crippen LogP contribution in [0.15, 0.2) is 94.4 Å². The van der Waals surface area contributed by atoms with Crippen molar-refractivity contribution < 1.29 is 50.3 Å². The Morgan fingerprint density at radius 3 is 1.87 bits per heavy atom. The Balaban J connectivity index is 1.57. The van der Waals surface area contributed by atoms with Crippen molar-refractivity contribution in [2.45, 2.75) is 99.7 Å². The molecule has 53 heavy (non-hydrogen) atoms. The van der Waals surface area contributed by atoms with Gasteiger partial charge in [0.1, 0.15) is 26.8 Å². The number of benzene rings is 2.